The number of aryl methyl sites for hydroxylation is 2. The summed E-state index contributed by atoms with van der Waals surface area (Å²) in [4.78, 5) is 27.6. The number of thiazole rings is 1. The first kappa shape index (κ1) is 14.9. The van der Waals surface area contributed by atoms with Crippen LogP contribution in [0.3, 0.4) is 0 Å². The van der Waals surface area contributed by atoms with E-state index in [0.717, 1.165) is 15.6 Å². The average Bonchev–Trinajstić information content (AvgIpc) is 2.74. The molecule has 2 rings (SSSR count). The van der Waals surface area contributed by atoms with E-state index in [9.17, 15) is 14.9 Å². The Kier molecular flexibility index (Phi) is 4.18. The molecule has 0 radical (unpaired) electrons. The lowest BCUT2D eigenvalue weighted by Gasteiger charge is -2.06. The summed E-state index contributed by atoms with van der Waals surface area (Å²) < 4.78 is 0. The fourth-order valence-electron chi connectivity index (χ4n) is 1.85. The van der Waals surface area contributed by atoms with E-state index >= 15 is 0 Å². The van der Waals surface area contributed by atoms with E-state index in [1.807, 2.05) is 13.8 Å². The first-order valence-corrected chi connectivity index (χ1v) is 6.95. The van der Waals surface area contributed by atoms with Crippen molar-refractivity contribution in [1.82, 2.24) is 10.3 Å². The van der Waals surface area contributed by atoms with Crippen LogP contribution in [0.25, 0.3) is 0 Å². The third kappa shape index (κ3) is 3.34. The van der Waals surface area contributed by atoms with Crippen LogP contribution in [0, 0.1) is 24.0 Å². The Morgan fingerprint density at radius 2 is 2.19 bits per heavy atom. The number of nitrogens with zero attached hydrogens (tertiary/aromatic N) is 2. The summed E-state index contributed by atoms with van der Waals surface area (Å²) in [5, 5.41) is 14.3. The van der Waals surface area contributed by atoms with Crippen LogP contribution in [-0.2, 0) is 6.54 Å². The number of benzene rings is 1. The number of nitro groups is 1. The fourth-order valence-corrected chi connectivity index (χ4v) is 2.68. The summed E-state index contributed by atoms with van der Waals surface area (Å²) in [7, 11) is 0. The molecule has 0 aliphatic rings. The Labute approximate surface area is 125 Å². The van der Waals surface area contributed by atoms with Crippen LogP contribution in [0.5, 0.6) is 0 Å². The van der Waals surface area contributed by atoms with E-state index in [2.05, 4.69) is 10.3 Å². The van der Waals surface area contributed by atoms with Gasteiger partial charge in [-0.3, -0.25) is 14.9 Å². The molecule has 0 unspecified atom stereocenters. The Morgan fingerprint density at radius 3 is 2.76 bits per heavy atom. The minimum absolute atomic E-state index is 0.0915. The second-order valence-corrected chi connectivity index (χ2v) is 5.85. The van der Waals surface area contributed by atoms with Gasteiger partial charge in [0.25, 0.3) is 11.6 Å². The summed E-state index contributed by atoms with van der Waals surface area (Å²) in [6.45, 7) is 4.08. The minimum Gasteiger partial charge on any atom is -0.398 e. The molecule has 2 aromatic rings. The third-order valence-corrected chi connectivity index (χ3v) is 3.84. The van der Waals surface area contributed by atoms with Crippen molar-refractivity contribution < 1.29 is 9.72 Å². The number of nitro benzene ring substituents is 1. The van der Waals surface area contributed by atoms with Gasteiger partial charge in [-0.05, 0) is 19.9 Å². The largest absolute Gasteiger partial charge is 0.398 e. The highest BCUT2D eigenvalue weighted by Gasteiger charge is 2.16. The molecular formula is C13H14N4O3S. The number of hydrogen-bond donors (Lipinski definition) is 2. The SMILES string of the molecule is Cc1nc(CNC(=O)c2cc([N+](=O)[O-])ccc2N)c(C)s1. The highest BCUT2D eigenvalue weighted by molar-refractivity contribution is 7.11. The van der Waals surface area contributed by atoms with Crippen molar-refractivity contribution in [3.8, 4) is 0 Å². The van der Waals surface area contributed by atoms with Gasteiger partial charge in [-0.25, -0.2) is 4.98 Å². The Bertz CT molecular complexity index is 711. The molecule has 8 heteroatoms. The van der Waals surface area contributed by atoms with Gasteiger partial charge in [-0.1, -0.05) is 0 Å². The minimum atomic E-state index is -0.565. The number of amides is 1. The van der Waals surface area contributed by atoms with Crippen molar-refractivity contribution in [2.24, 2.45) is 0 Å². The average molecular weight is 306 g/mol. The van der Waals surface area contributed by atoms with Crippen molar-refractivity contribution in [3.63, 3.8) is 0 Å². The molecule has 1 heterocycles. The van der Waals surface area contributed by atoms with Crippen molar-refractivity contribution in [1.29, 1.82) is 0 Å². The maximum Gasteiger partial charge on any atom is 0.270 e. The highest BCUT2D eigenvalue weighted by Crippen LogP contribution is 2.20. The van der Waals surface area contributed by atoms with Gasteiger partial charge in [0.15, 0.2) is 0 Å². The molecule has 3 N–H and O–H groups in total. The van der Waals surface area contributed by atoms with Crippen LogP contribution in [0.2, 0.25) is 0 Å². The van der Waals surface area contributed by atoms with E-state index < -0.39 is 10.8 Å². The molecule has 21 heavy (non-hydrogen) atoms. The third-order valence-electron chi connectivity index (χ3n) is 2.91. The molecule has 1 aromatic heterocycles. The van der Waals surface area contributed by atoms with Crippen LogP contribution in [0.1, 0.15) is 25.9 Å². The zero-order valence-electron chi connectivity index (χ0n) is 11.5. The summed E-state index contributed by atoms with van der Waals surface area (Å²) >= 11 is 1.55. The summed E-state index contributed by atoms with van der Waals surface area (Å²) in [6, 6.07) is 3.79. The van der Waals surface area contributed by atoms with Crippen molar-refractivity contribution in [2.45, 2.75) is 20.4 Å². The predicted octanol–water partition coefficient (Wildman–Crippen LogP) is 2.18. The first-order chi connectivity index (χ1) is 9.88. The van der Waals surface area contributed by atoms with Gasteiger partial charge in [0.05, 0.1) is 27.7 Å². The number of aromatic nitrogens is 1. The Morgan fingerprint density at radius 1 is 1.48 bits per heavy atom. The number of rotatable bonds is 4. The van der Waals surface area contributed by atoms with Crippen LogP contribution in [0.15, 0.2) is 18.2 Å². The van der Waals surface area contributed by atoms with Crippen molar-refractivity contribution in [3.05, 3.63) is 49.5 Å². The topological polar surface area (TPSA) is 111 Å². The van der Waals surface area contributed by atoms with E-state index in [-0.39, 0.29) is 23.5 Å². The van der Waals surface area contributed by atoms with Crippen LogP contribution in [-0.4, -0.2) is 15.8 Å². The van der Waals surface area contributed by atoms with Crippen LogP contribution in [0.4, 0.5) is 11.4 Å². The van der Waals surface area contributed by atoms with E-state index in [4.69, 9.17) is 5.73 Å². The number of carbonyl (C=O) groups excluding carboxylic acids is 1. The monoisotopic (exact) mass is 306 g/mol. The zero-order valence-corrected chi connectivity index (χ0v) is 12.4. The van der Waals surface area contributed by atoms with Gasteiger partial charge < -0.3 is 11.1 Å². The first-order valence-electron chi connectivity index (χ1n) is 6.13. The number of anilines is 1. The van der Waals surface area contributed by atoms with Gasteiger partial charge in [-0.15, -0.1) is 11.3 Å². The lowest BCUT2D eigenvalue weighted by atomic mass is 10.1. The van der Waals surface area contributed by atoms with Gasteiger partial charge in [0.1, 0.15) is 0 Å². The Hall–Kier alpha value is -2.48. The van der Waals surface area contributed by atoms with Gasteiger partial charge in [0, 0.05) is 22.7 Å². The smallest absolute Gasteiger partial charge is 0.270 e. The number of nitrogens with one attached hydrogen (secondary N) is 1. The lowest BCUT2D eigenvalue weighted by Crippen LogP contribution is -2.24. The fraction of sp³-hybridized carbons (Fsp3) is 0.231. The number of hydrogen-bond acceptors (Lipinski definition) is 6. The summed E-state index contributed by atoms with van der Waals surface area (Å²) in [5.41, 5.74) is 6.60. The van der Waals surface area contributed by atoms with Gasteiger partial charge >= 0.3 is 0 Å². The maximum absolute atomic E-state index is 12.1. The molecule has 0 saturated heterocycles. The van der Waals surface area contributed by atoms with E-state index in [1.165, 1.54) is 18.2 Å². The number of nitrogen functional groups attached to an aromatic ring is 1. The quantitative estimate of drug-likeness (QED) is 0.511. The predicted molar refractivity (Wildman–Crippen MR) is 80.3 cm³/mol. The Balaban J connectivity index is 2.15. The second kappa shape index (κ2) is 5.88. The molecule has 0 fully saturated rings. The van der Waals surface area contributed by atoms with Gasteiger partial charge in [0.2, 0.25) is 0 Å². The summed E-state index contributed by atoms with van der Waals surface area (Å²) in [6.07, 6.45) is 0. The van der Waals surface area contributed by atoms with Crippen LogP contribution >= 0.6 is 11.3 Å². The maximum atomic E-state index is 12.1. The second-order valence-electron chi connectivity index (χ2n) is 4.45. The van der Waals surface area contributed by atoms with Gasteiger partial charge in [-0.2, -0.15) is 0 Å². The number of carbonyl (C=O) groups is 1. The van der Waals surface area contributed by atoms with Crippen molar-refractivity contribution in [2.75, 3.05) is 5.73 Å². The van der Waals surface area contributed by atoms with E-state index in [1.54, 1.807) is 11.3 Å². The zero-order chi connectivity index (χ0) is 15.6. The van der Waals surface area contributed by atoms with E-state index in [0.29, 0.717) is 0 Å². The molecule has 110 valence electrons. The standard InChI is InChI=1S/C13H14N4O3S/c1-7-12(16-8(2)21-7)6-15-13(18)10-5-9(17(19)20)3-4-11(10)14/h3-5H,6,14H2,1-2H3,(H,15,18). The number of nitrogens with two attached hydrogens (primary N) is 1. The summed E-state index contributed by atoms with van der Waals surface area (Å²) in [5.74, 6) is -0.457. The molecule has 1 aromatic carbocycles. The molecule has 7 nitrogen and oxygen atoms in total. The molecule has 0 aliphatic carbocycles. The van der Waals surface area contributed by atoms with Crippen LogP contribution < -0.4 is 11.1 Å². The number of non-ortho nitro benzene ring substituents is 1. The van der Waals surface area contributed by atoms with Crippen molar-refractivity contribution >= 4 is 28.6 Å². The molecule has 0 bridgehead atoms. The molecule has 0 aliphatic heterocycles. The normalized spacial score (nSPS) is 10.4. The molecule has 0 atom stereocenters. The molecular weight excluding hydrogens is 292 g/mol. The highest BCUT2D eigenvalue weighted by atomic mass is 32.1. The molecule has 1 amide bonds. The lowest BCUT2D eigenvalue weighted by molar-refractivity contribution is -0.384. The molecule has 0 spiro atoms. The molecule has 0 saturated carbocycles.